The predicted octanol–water partition coefficient (Wildman–Crippen LogP) is 3.68. The molecular weight excluding hydrogens is 229 g/mol. The van der Waals surface area contributed by atoms with Crippen LogP contribution < -0.4 is 5.32 Å². The fraction of sp³-hybridized carbons (Fsp3) is 0.600. The second-order valence-electron chi connectivity index (χ2n) is 4.47. The van der Waals surface area contributed by atoms with Crippen LogP contribution in [0.2, 0.25) is 0 Å². The van der Waals surface area contributed by atoms with Gasteiger partial charge in [-0.1, -0.05) is 32.4 Å². The highest BCUT2D eigenvalue weighted by Crippen LogP contribution is 2.18. The molecule has 18 heavy (non-hydrogen) atoms. The summed E-state index contributed by atoms with van der Waals surface area (Å²) < 4.78 is 19.1. The van der Waals surface area contributed by atoms with Crippen molar-refractivity contribution in [2.75, 3.05) is 19.7 Å². The van der Waals surface area contributed by atoms with Crippen LogP contribution in [-0.2, 0) is 4.74 Å². The van der Waals surface area contributed by atoms with Gasteiger partial charge in [0.25, 0.3) is 0 Å². The maximum Gasteiger partial charge on any atom is 0.123 e. The Balaban J connectivity index is 2.57. The lowest BCUT2D eigenvalue weighted by Gasteiger charge is -2.19. The van der Waals surface area contributed by atoms with Gasteiger partial charge in [-0.2, -0.15) is 0 Å². The fourth-order valence-corrected chi connectivity index (χ4v) is 1.76. The van der Waals surface area contributed by atoms with Crippen molar-refractivity contribution in [1.82, 2.24) is 5.32 Å². The van der Waals surface area contributed by atoms with E-state index in [1.807, 2.05) is 6.07 Å². The van der Waals surface area contributed by atoms with E-state index < -0.39 is 0 Å². The van der Waals surface area contributed by atoms with Crippen molar-refractivity contribution in [3.05, 3.63) is 35.6 Å². The van der Waals surface area contributed by atoms with Gasteiger partial charge in [-0.3, -0.25) is 0 Å². The molecule has 1 rings (SSSR count). The molecule has 0 heterocycles. The molecule has 102 valence electrons. The summed E-state index contributed by atoms with van der Waals surface area (Å²) in [6, 6.07) is 6.68. The zero-order valence-electron chi connectivity index (χ0n) is 11.4. The first-order valence-corrected chi connectivity index (χ1v) is 6.85. The molecule has 0 amide bonds. The third-order valence-corrected chi connectivity index (χ3v) is 2.79. The van der Waals surface area contributed by atoms with Crippen molar-refractivity contribution in [2.45, 2.75) is 39.2 Å². The number of hydrogen-bond acceptors (Lipinski definition) is 2. The minimum absolute atomic E-state index is 0.0567. The second-order valence-corrected chi connectivity index (χ2v) is 4.47. The van der Waals surface area contributed by atoms with E-state index in [0.29, 0.717) is 0 Å². The van der Waals surface area contributed by atoms with Gasteiger partial charge >= 0.3 is 0 Å². The van der Waals surface area contributed by atoms with Gasteiger partial charge in [0.2, 0.25) is 0 Å². The van der Waals surface area contributed by atoms with Crippen molar-refractivity contribution in [3.8, 4) is 0 Å². The van der Waals surface area contributed by atoms with Crippen molar-refractivity contribution < 1.29 is 9.13 Å². The molecule has 0 saturated carbocycles. The molecule has 1 aromatic carbocycles. The van der Waals surface area contributed by atoms with Crippen LogP contribution in [0.4, 0.5) is 4.39 Å². The van der Waals surface area contributed by atoms with Crippen LogP contribution in [0.3, 0.4) is 0 Å². The lowest BCUT2D eigenvalue weighted by molar-refractivity contribution is 0.0506. The van der Waals surface area contributed by atoms with Gasteiger partial charge in [0.15, 0.2) is 0 Å². The molecule has 0 saturated heterocycles. The van der Waals surface area contributed by atoms with E-state index in [1.165, 1.54) is 6.07 Å². The van der Waals surface area contributed by atoms with Crippen LogP contribution in [0.25, 0.3) is 0 Å². The summed E-state index contributed by atoms with van der Waals surface area (Å²) in [5.41, 5.74) is 0.912. The van der Waals surface area contributed by atoms with E-state index >= 15 is 0 Å². The highest BCUT2D eigenvalue weighted by atomic mass is 19.1. The molecule has 0 fully saturated rings. The molecule has 0 bridgehead atoms. The molecule has 0 spiro atoms. The Labute approximate surface area is 110 Å². The maximum atomic E-state index is 13.2. The topological polar surface area (TPSA) is 21.3 Å². The van der Waals surface area contributed by atoms with Gasteiger partial charge in [0.05, 0.1) is 6.10 Å². The predicted molar refractivity (Wildman–Crippen MR) is 73.2 cm³/mol. The van der Waals surface area contributed by atoms with Crippen LogP contribution in [0.15, 0.2) is 24.3 Å². The molecule has 0 aromatic heterocycles. The normalized spacial score (nSPS) is 12.6. The number of nitrogens with one attached hydrogen (secondary N) is 1. The Kier molecular flexibility index (Phi) is 7.62. The molecule has 0 aliphatic rings. The van der Waals surface area contributed by atoms with E-state index in [-0.39, 0.29) is 11.9 Å². The molecule has 2 nitrogen and oxygen atoms in total. The van der Waals surface area contributed by atoms with Gasteiger partial charge < -0.3 is 10.1 Å². The largest absolute Gasteiger partial charge is 0.372 e. The summed E-state index contributed by atoms with van der Waals surface area (Å²) in [7, 11) is 0. The second kappa shape index (κ2) is 9.06. The Bertz CT molecular complexity index is 320. The smallest absolute Gasteiger partial charge is 0.123 e. The van der Waals surface area contributed by atoms with E-state index in [2.05, 4.69) is 19.2 Å². The van der Waals surface area contributed by atoms with Crippen molar-refractivity contribution in [3.63, 3.8) is 0 Å². The fourth-order valence-electron chi connectivity index (χ4n) is 1.76. The van der Waals surface area contributed by atoms with Crippen LogP contribution in [0.1, 0.15) is 44.8 Å². The van der Waals surface area contributed by atoms with Gasteiger partial charge in [0, 0.05) is 13.2 Å². The summed E-state index contributed by atoms with van der Waals surface area (Å²) in [6.07, 6.45) is 3.18. The zero-order valence-corrected chi connectivity index (χ0v) is 11.4. The first-order chi connectivity index (χ1) is 8.77. The third kappa shape index (κ3) is 5.61. The van der Waals surface area contributed by atoms with Crippen LogP contribution in [-0.4, -0.2) is 19.7 Å². The van der Waals surface area contributed by atoms with Gasteiger partial charge in [0.1, 0.15) is 5.82 Å². The summed E-state index contributed by atoms with van der Waals surface area (Å²) >= 11 is 0. The highest BCUT2D eigenvalue weighted by Gasteiger charge is 2.12. The summed E-state index contributed by atoms with van der Waals surface area (Å²) in [6.45, 7) is 6.69. The molecular formula is C15H24FNO. The highest BCUT2D eigenvalue weighted by molar-refractivity contribution is 5.19. The molecule has 1 N–H and O–H groups in total. The Morgan fingerprint density at radius 3 is 2.78 bits per heavy atom. The standard InChI is InChI=1S/C15H24FNO/c1-3-5-10-18-15(12-17-9-4-2)13-7-6-8-14(16)11-13/h6-8,11,15,17H,3-5,9-10,12H2,1-2H3. The Morgan fingerprint density at radius 2 is 2.11 bits per heavy atom. The van der Waals surface area contributed by atoms with E-state index in [9.17, 15) is 4.39 Å². The molecule has 0 aliphatic carbocycles. The van der Waals surface area contributed by atoms with E-state index in [4.69, 9.17) is 4.74 Å². The summed E-state index contributed by atoms with van der Waals surface area (Å²) in [4.78, 5) is 0. The summed E-state index contributed by atoms with van der Waals surface area (Å²) in [5.74, 6) is -0.202. The lowest BCUT2D eigenvalue weighted by atomic mass is 10.1. The van der Waals surface area contributed by atoms with Crippen LogP contribution in [0, 0.1) is 5.82 Å². The quantitative estimate of drug-likeness (QED) is 0.678. The van der Waals surface area contributed by atoms with Crippen molar-refractivity contribution >= 4 is 0 Å². The van der Waals surface area contributed by atoms with Crippen molar-refractivity contribution in [2.24, 2.45) is 0 Å². The van der Waals surface area contributed by atoms with E-state index in [1.54, 1.807) is 12.1 Å². The summed E-state index contributed by atoms with van der Waals surface area (Å²) in [5, 5.41) is 3.33. The first-order valence-electron chi connectivity index (χ1n) is 6.85. The lowest BCUT2D eigenvalue weighted by Crippen LogP contribution is -2.24. The number of rotatable bonds is 9. The maximum absolute atomic E-state index is 13.2. The molecule has 1 aromatic rings. The van der Waals surface area contributed by atoms with E-state index in [0.717, 1.165) is 44.5 Å². The zero-order chi connectivity index (χ0) is 13.2. The first kappa shape index (κ1) is 15.1. The van der Waals surface area contributed by atoms with Crippen molar-refractivity contribution in [1.29, 1.82) is 0 Å². The minimum Gasteiger partial charge on any atom is -0.372 e. The Hall–Kier alpha value is -0.930. The van der Waals surface area contributed by atoms with Gasteiger partial charge in [-0.15, -0.1) is 0 Å². The third-order valence-electron chi connectivity index (χ3n) is 2.79. The number of hydrogen-bond donors (Lipinski definition) is 1. The average molecular weight is 253 g/mol. The number of unbranched alkanes of at least 4 members (excludes halogenated alkanes) is 1. The average Bonchev–Trinajstić information content (AvgIpc) is 2.37. The van der Waals surface area contributed by atoms with Gasteiger partial charge in [-0.05, 0) is 37.1 Å². The molecule has 3 heteroatoms. The van der Waals surface area contributed by atoms with Crippen LogP contribution in [0.5, 0.6) is 0 Å². The monoisotopic (exact) mass is 253 g/mol. The number of halogens is 1. The molecule has 1 unspecified atom stereocenters. The number of benzene rings is 1. The molecule has 1 atom stereocenters. The minimum atomic E-state index is -0.202. The van der Waals surface area contributed by atoms with Crippen LogP contribution >= 0.6 is 0 Å². The molecule has 0 radical (unpaired) electrons. The Morgan fingerprint density at radius 1 is 1.28 bits per heavy atom. The SMILES string of the molecule is CCCCOC(CNCCC)c1cccc(F)c1. The number of ether oxygens (including phenoxy) is 1. The van der Waals surface area contributed by atoms with Gasteiger partial charge in [-0.25, -0.2) is 4.39 Å². The molecule has 0 aliphatic heterocycles.